The molecule has 2 aromatic rings. The number of aliphatic hydroxyl groups is 1. The monoisotopic (exact) mass is 266 g/mol. The van der Waals surface area contributed by atoms with Crippen molar-refractivity contribution in [3.05, 3.63) is 77.0 Å². The predicted molar refractivity (Wildman–Crippen MR) is 80.5 cm³/mol. The van der Waals surface area contributed by atoms with Crippen LogP contribution in [0.2, 0.25) is 0 Å². The SMILES string of the molecule is COC=C1c2ccccc2C(C(C)O)c2ccccc21. The Bertz CT molecular complexity index is 606. The van der Waals surface area contributed by atoms with E-state index in [1.807, 2.05) is 31.2 Å². The van der Waals surface area contributed by atoms with Gasteiger partial charge in [0.1, 0.15) is 0 Å². The number of methoxy groups -OCH3 is 1. The Morgan fingerprint density at radius 2 is 1.50 bits per heavy atom. The van der Waals surface area contributed by atoms with Gasteiger partial charge < -0.3 is 9.84 Å². The summed E-state index contributed by atoms with van der Waals surface area (Å²) in [5, 5.41) is 10.2. The summed E-state index contributed by atoms with van der Waals surface area (Å²) in [4.78, 5) is 0. The van der Waals surface area contributed by atoms with Crippen molar-refractivity contribution in [2.45, 2.75) is 18.9 Å². The number of hydrogen-bond acceptors (Lipinski definition) is 2. The van der Waals surface area contributed by atoms with E-state index >= 15 is 0 Å². The third kappa shape index (κ3) is 1.93. The molecule has 0 saturated carbocycles. The number of fused-ring (bicyclic) bond motifs is 2. The smallest absolute Gasteiger partial charge is 0.0909 e. The van der Waals surface area contributed by atoms with Crippen LogP contribution in [-0.4, -0.2) is 18.3 Å². The van der Waals surface area contributed by atoms with Crippen LogP contribution in [0.4, 0.5) is 0 Å². The molecule has 1 atom stereocenters. The molecule has 0 aliphatic heterocycles. The van der Waals surface area contributed by atoms with Gasteiger partial charge in [-0.1, -0.05) is 48.5 Å². The first-order chi connectivity index (χ1) is 9.74. The summed E-state index contributed by atoms with van der Waals surface area (Å²) in [7, 11) is 1.67. The summed E-state index contributed by atoms with van der Waals surface area (Å²) in [6.07, 6.45) is 1.36. The van der Waals surface area contributed by atoms with Crippen molar-refractivity contribution in [2.24, 2.45) is 0 Å². The molecule has 0 bridgehead atoms. The van der Waals surface area contributed by atoms with Crippen LogP contribution >= 0.6 is 0 Å². The number of ether oxygens (including phenoxy) is 1. The van der Waals surface area contributed by atoms with Gasteiger partial charge in [0.25, 0.3) is 0 Å². The van der Waals surface area contributed by atoms with E-state index in [4.69, 9.17) is 4.74 Å². The molecule has 0 aromatic heterocycles. The van der Waals surface area contributed by atoms with Crippen LogP contribution in [-0.2, 0) is 4.74 Å². The van der Waals surface area contributed by atoms with Gasteiger partial charge in [-0.25, -0.2) is 0 Å². The summed E-state index contributed by atoms with van der Waals surface area (Å²) in [6.45, 7) is 1.85. The van der Waals surface area contributed by atoms with Gasteiger partial charge in [0, 0.05) is 11.5 Å². The zero-order chi connectivity index (χ0) is 14.1. The first-order valence-electron chi connectivity index (χ1n) is 6.83. The van der Waals surface area contributed by atoms with Gasteiger partial charge in [0.05, 0.1) is 19.5 Å². The highest BCUT2D eigenvalue weighted by atomic mass is 16.5. The summed E-state index contributed by atoms with van der Waals surface area (Å²) in [6, 6.07) is 16.4. The van der Waals surface area contributed by atoms with Crippen molar-refractivity contribution >= 4 is 5.57 Å². The average molecular weight is 266 g/mol. The van der Waals surface area contributed by atoms with E-state index in [0.717, 1.165) is 27.8 Å². The molecule has 1 N–H and O–H groups in total. The van der Waals surface area contributed by atoms with Crippen molar-refractivity contribution in [3.8, 4) is 0 Å². The van der Waals surface area contributed by atoms with Gasteiger partial charge in [0.15, 0.2) is 0 Å². The van der Waals surface area contributed by atoms with Crippen LogP contribution in [0.3, 0.4) is 0 Å². The molecule has 1 aliphatic carbocycles. The maximum absolute atomic E-state index is 10.2. The van der Waals surface area contributed by atoms with Crippen molar-refractivity contribution in [1.29, 1.82) is 0 Å². The number of rotatable bonds is 2. The lowest BCUT2D eigenvalue weighted by Crippen LogP contribution is -2.22. The first-order valence-corrected chi connectivity index (χ1v) is 6.83. The maximum Gasteiger partial charge on any atom is 0.0909 e. The summed E-state index contributed by atoms with van der Waals surface area (Å²) in [5.74, 6) is 0.0106. The lowest BCUT2D eigenvalue weighted by atomic mass is 9.74. The molecule has 0 saturated heterocycles. The largest absolute Gasteiger partial charge is 0.504 e. The van der Waals surface area contributed by atoms with E-state index in [-0.39, 0.29) is 5.92 Å². The molecule has 0 heterocycles. The second-order valence-corrected chi connectivity index (χ2v) is 5.16. The highest BCUT2D eigenvalue weighted by Gasteiger charge is 2.31. The third-order valence-electron chi connectivity index (χ3n) is 3.89. The van der Waals surface area contributed by atoms with Crippen LogP contribution < -0.4 is 0 Å². The molecular weight excluding hydrogens is 248 g/mol. The standard InChI is InChI=1S/C18H18O2/c1-12(19)18-15-9-5-3-7-13(15)17(11-20-2)14-8-4-6-10-16(14)18/h3-12,18-19H,1-2H3. The van der Waals surface area contributed by atoms with Crippen molar-refractivity contribution in [1.82, 2.24) is 0 Å². The summed E-state index contributed by atoms with van der Waals surface area (Å²) in [5.41, 5.74) is 5.67. The summed E-state index contributed by atoms with van der Waals surface area (Å²) < 4.78 is 5.27. The third-order valence-corrected chi connectivity index (χ3v) is 3.89. The minimum Gasteiger partial charge on any atom is -0.504 e. The minimum absolute atomic E-state index is 0.0106. The molecule has 0 amide bonds. The highest BCUT2D eigenvalue weighted by molar-refractivity contribution is 5.86. The van der Waals surface area contributed by atoms with Gasteiger partial charge >= 0.3 is 0 Å². The van der Waals surface area contributed by atoms with Crippen LogP contribution in [0.15, 0.2) is 54.8 Å². The molecule has 2 aromatic carbocycles. The van der Waals surface area contributed by atoms with E-state index in [1.54, 1.807) is 13.4 Å². The second-order valence-electron chi connectivity index (χ2n) is 5.16. The second kappa shape index (κ2) is 5.14. The van der Waals surface area contributed by atoms with Crippen molar-refractivity contribution < 1.29 is 9.84 Å². The van der Waals surface area contributed by atoms with Crippen LogP contribution in [0.25, 0.3) is 5.57 Å². The number of hydrogen-bond donors (Lipinski definition) is 1. The van der Waals surface area contributed by atoms with Gasteiger partial charge in [-0.3, -0.25) is 0 Å². The maximum atomic E-state index is 10.2. The zero-order valence-corrected chi connectivity index (χ0v) is 11.7. The van der Waals surface area contributed by atoms with E-state index < -0.39 is 6.10 Å². The zero-order valence-electron chi connectivity index (χ0n) is 11.7. The highest BCUT2D eigenvalue weighted by Crippen LogP contribution is 2.43. The fourth-order valence-electron chi connectivity index (χ4n) is 3.10. The molecule has 2 nitrogen and oxygen atoms in total. The lowest BCUT2D eigenvalue weighted by Gasteiger charge is -2.31. The van der Waals surface area contributed by atoms with Crippen LogP contribution in [0, 0.1) is 0 Å². The van der Waals surface area contributed by atoms with Crippen LogP contribution in [0.1, 0.15) is 35.1 Å². The van der Waals surface area contributed by atoms with E-state index in [1.165, 1.54) is 0 Å². The molecule has 0 spiro atoms. The van der Waals surface area contributed by atoms with Gasteiger partial charge in [-0.15, -0.1) is 0 Å². The molecule has 20 heavy (non-hydrogen) atoms. The molecular formula is C18H18O2. The molecule has 0 fully saturated rings. The average Bonchev–Trinajstić information content (AvgIpc) is 2.47. The Kier molecular flexibility index (Phi) is 3.33. The van der Waals surface area contributed by atoms with Crippen LogP contribution in [0.5, 0.6) is 0 Å². The summed E-state index contributed by atoms with van der Waals surface area (Å²) >= 11 is 0. The van der Waals surface area contributed by atoms with Gasteiger partial charge in [0.2, 0.25) is 0 Å². The van der Waals surface area contributed by atoms with E-state index in [9.17, 15) is 5.11 Å². The number of aliphatic hydroxyl groups excluding tert-OH is 1. The first kappa shape index (κ1) is 12.9. The lowest BCUT2D eigenvalue weighted by molar-refractivity contribution is 0.175. The molecule has 0 radical (unpaired) electrons. The molecule has 1 unspecified atom stereocenters. The molecule has 1 aliphatic rings. The minimum atomic E-state index is -0.429. The van der Waals surface area contributed by atoms with Crippen molar-refractivity contribution in [3.63, 3.8) is 0 Å². The van der Waals surface area contributed by atoms with E-state index in [0.29, 0.717) is 0 Å². The topological polar surface area (TPSA) is 29.5 Å². The Hall–Kier alpha value is -2.06. The molecule has 102 valence electrons. The fraction of sp³-hybridized carbons (Fsp3) is 0.222. The quantitative estimate of drug-likeness (QED) is 0.842. The van der Waals surface area contributed by atoms with Gasteiger partial charge in [-0.05, 0) is 29.2 Å². The van der Waals surface area contributed by atoms with Gasteiger partial charge in [-0.2, -0.15) is 0 Å². The Morgan fingerprint density at radius 1 is 1.00 bits per heavy atom. The van der Waals surface area contributed by atoms with Crippen molar-refractivity contribution in [2.75, 3.05) is 7.11 Å². The fourth-order valence-corrected chi connectivity index (χ4v) is 3.10. The Balaban J connectivity index is 2.31. The molecule has 3 rings (SSSR count). The normalized spacial score (nSPS) is 17.9. The number of benzene rings is 2. The molecule has 2 heteroatoms. The van der Waals surface area contributed by atoms with E-state index in [2.05, 4.69) is 24.3 Å². The predicted octanol–water partition coefficient (Wildman–Crippen LogP) is 3.55. The Labute approximate surface area is 119 Å². The Morgan fingerprint density at radius 3 is 1.95 bits per heavy atom.